The Bertz CT molecular complexity index is 602. The Morgan fingerprint density at radius 1 is 1.00 bits per heavy atom. The van der Waals surface area contributed by atoms with Gasteiger partial charge in [0.2, 0.25) is 0 Å². The zero-order valence-electron chi connectivity index (χ0n) is 9.83. The summed E-state index contributed by atoms with van der Waals surface area (Å²) in [6.45, 7) is 0. The highest BCUT2D eigenvalue weighted by Crippen LogP contribution is 2.35. The van der Waals surface area contributed by atoms with Crippen LogP contribution in [0.3, 0.4) is 0 Å². The Kier molecular flexibility index (Phi) is 4.55. The van der Waals surface area contributed by atoms with Crippen LogP contribution < -0.4 is 17.0 Å². The van der Waals surface area contributed by atoms with Gasteiger partial charge >= 0.3 is 0 Å². The van der Waals surface area contributed by atoms with E-state index in [0.29, 0.717) is 20.8 Å². The minimum atomic E-state index is -0.358. The molecule has 0 aliphatic heterocycles. The predicted molar refractivity (Wildman–Crippen MR) is 81.5 cm³/mol. The Morgan fingerprint density at radius 3 is 2.37 bits per heavy atom. The fourth-order valence-corrected chi connectivity index (χ4v) is 2.50. The van der Waals surface area contributed by atoms with Crippen LogP contribution in [0, 0.1) is 0 Å². The predicted octanol–water partition coefficient (Wildman–Crippen LogP) is 3.78. The first-order valence-electron chi connectivity index (χ1n) is 5.49. The molecule has 0 saturated carbocycles. The van der Waals surface area contributed by atoms with E-state index in [1.54, 1.807) is 30.3 Å². The first-order chi connectivity index (χ1) is 9.04. The van der Waals surface area contributed by atoms with Crippen molar-refractivity contribution in [2.24, 2.45) is 5.84 Å². The van der Waals surface area contributed by atoms with Crippen molar-refractivity contribution in [1.82, 2.24) is 5.43 Å². The molecule has 0 amide bonds. The van der Waals surface area contributed by atoms with Gasteiger partial charge in [0.1, 0.15) is 0 Å². The number of nitrogens with two attached hydrogens (primary N) is 2. The fraction of sp³-hybridized carbons (Fsp3) is 0.0769. The van der Waals surface area contributed by atoms with Gasteiger partial charge in [-0.2, -0.15) is 0 Å². The van der Waals surface area contributed by atoms with Gasteiger partial charge in [0.15, 0.2) is 0 Å². The summed E-state index contributed by atoms with van der Waals surface area (Å²) in [5, 5.41) is 1.47. The Balaban J connectivity index is 2.53. The molecule has 0 spiro atoms. The summed E-state index contributed by atoms with van der Waals surface area (Å²) in [4.78, 5) is 0. The van der Waals surface area contributed by atoms with E-state index >= 15 is 0 Å². The topological polar surface area (TPSA) is 64.1 Å². The number of hydrazine groups is 1. The minimum absolute atomic E-state index is 0.358. The maximum absolute atomic E-state index is 6.21. The summed E-state index contributed by atoms with van der Waals surface area (Å²) in [6, 6.07) is 10.2. The Labute approximate surface area is 126 Å². The molecule has 0 fully saturated rings. The summed E-state index contributed by atoms with van der Waals surface area (Å²) < 4.78 is 0. The molecule has 0 radical (unpaired) electrons. The molecule has 0 bridgehead atoms. The average Bonchev–Trinajstić information content (AvgIpc) is 2.37. The third-order valence-corrected chi connectivity index (χ3v) is 3.89. The Morgan fingerprint density at radius 2 is 1.74 bits per heavy atom. The van der Waals surface area contributed by atoms with Crippen LogP contribution in [0.15, 0.2) is 36.4 Å². The van der Waals surface area contributed by atoms with Gasteiger partial charge in [-0.25, -0.2) is 5.43 Å². The van der Waals surface area contributed by atoms with E-state index in [1.807, 2.05) is 6.07 Å². The molecule has 1 unspecified atom stereocenters. The molecule has 6 heteroatoms. The number of halogens is 3. The van der Waals surface area contributed by atoms with Gasteiger partial charge in [-0.15, -0.1) is 0 Å². The van der Waals surface area contributed by atoms with Crippen molar-refractivity contribution in [3.8, 4) is 0 Å². The average molecular weight is 317 g/mol. The molecule has 0 aliphatic carbocycles. The highest BCUT2D eigenvalue weighted by molar-refractivity contribution is 6.42. The SMILES string of the molecule is NNC(c1ccc(Cl)cc1N)c1cccc(Cl)c1Cl. The number of nitrogens with one attached hydrogen (secondary N) is 1. The highest BCUT2D eigenvalue weighted by atomic mass is 35.5. The third-order valence-electron chi connectivity index (χ3n) is 2.82. The molecule has 0 aromatic heterocycles. The molecule has 5 N–H and O–H groups in total. The van der Waals surface area contributed by atoms with Gasteiger partial charge in [0.25, 0.3) is 0 Å². The maximum atomic E-state index is 6.21. The van der Waals surface area contributed by atoms with Crippen molar-refractivity contribution in [3.63, 3.8) is 0 Å². The lowest BCUT2D eigenvalue weighted by molar-refractivity contribution is 0.639. The van der Waals surface area contributed by atoms with E-state index in [0.717, 1.165) is 11.1 Å². The van der Waals surface area contributed by atoms with Crippen LogP contribution in [-0.4, -0.2) is 0 Å². The molecule has 19 heavy (non-hydrogen) atoms. The van der Waals surface area contributed by atoms with Crippen LogP contribution in [0.2, 0.25) is 15.1 Å². The fourth-order valence-electron chi connectivity index (χ4n) is 1.90. The van der Waals surface area contributed by atoms with Crippen molar-refractivity contribution in [3.05, 3.63) is 62.6 Å². The monoisotopic (exact) mass is 315 g/mol. The summed E-state index contributed by atoms with van der Waals surface area (Å²) >= 11 is 18.1. The van der Waals surface area contributed by atoms with Gasteiger partial charge in [-0.05, 0) is 29.3 Å². The number of hydrogen-bond acceptors (Lipinski definition) is 3. The van der Waals surface area contributed by atoms with Gasteiger partial charge in [0.05, 0.1) is 16.1 Å². The number of anilines is 1. The molecule has 0 aliphatic rings. The highest BCUT2D eigenvalue weighted by Gasteiger charge is 2.19. The lowest BCUT2D eigenvalue weighted by Crippen LogP contribution is -2.29. The largest absolute Gasteiger partial charge is 0.398 e. The zero-order valence-corrected chi connectivity index (χ0v) is 12.1. The van der Waals surface area contributed by atoms with Crippen LogP contribution in [0.4, 0.5) is 5.69 Å². The summed E-state index contributed by atoms with van der Waals surface area (Å²) in [5.74, 6) is 5.62. The first-order valence-corrected chi connectivity index (χ1v) is 6.63. The van der Waals surface area contributed by atoms with E-state index in [9.17, 15) is 0 Å². The van der Waals surface area contributed by atoms with Crippen molar-refractivity contribution in [1.29, 1.82) is 0 Å². The second-order valence-corrected chi connectivity index (χ2v) is 5.24. The van der Waals surface area contributed by atoms with Gasteiger partial charge in [-0.3, -0.25) is 5.84 Å². The number of rotatable bonds is 3. The molecule has 100 valence electrons. The van der Waals surface area contributed by atoms with Gasteiger partial charge < -0.3 is 5.73 Å². The molecule has 1 atom stereocenters. The second kappa shape index (κ2) is 5.99. The van der Waals surface area contributed by atoms with E-state index in [2.05, 4.69) is 5.43 Å². The molecule has 0 saturated heterocycles. The van der Waals surface area contributed by atoms with Crippen LogP contribution in [0.1, 0.15) is 17.2 Å². The van der Waals surface area contributed by atoms with E-state index in [4.69, 9.17) is 46.4 Å². The van der Waals surface area contributed by atoms with Gasteiger partial charge in [0, 0.05) is 10.7 Å². The molecule has 3 nitrogen and oxygen atoms in total. The van der Waals surface area contributed by atoms with Crippen molar-refractivity contribution >= 4 is 40.5 Å². The van der Waals surface area contributed by atoms with Crippen molar-refractivity contribution in [2.45, 2.75) is 6.04 Å². The standard InChI is InChI=1S/C13H12Cl3N3/c14-7-4-5-8(11(17)6-7)13(19-18)9-2-1-3-10(15)12(9)16/h1-6,13,19H,17-18H2. The molecular weight excluding hydrogens is 305 g/mol. The summed E-state index contributed by atoms with van der Waals surface area (Å²) in [5.41, 5.74) is 10.7. The summed E-state index contributed by atoms with van der Waals surface area (Å²) in [7, 11) is 0. The lowest BCUT2D eigenvalue weighted by Gasteiger charge is -2.20. The van der Waals surface area contributed by atoms with E-state index < -0.39 is 0 Å². The first kappa shape index (κ1) is 14.4. The number of hydrogen-bond donors (Lipinski definition) is 3. The molecular formula is C13H12Cl3N3. The van der Waals surface area contributed by atoms with Crippen LogP contribution in [0.25, 0.3) is 0 Å². The maximum Gasteiger partial charge on any atom is 0.0744 e. The van der Waals surface area contributed by atoms with Crippen LogP contribution in [-0.2, 0) is 0 Å². The lowest BCUT2D eigenvalue weighted by atomic mass is 9.98. The minimum Gasteiger partial charge on any atom is -0.398 e. The summed E-state index contributed by atoms with van der Waals surface area (Å²) in [6.07, 6.45) is 0. The molecule has 2 aromatic carbocycles. The molecule has 2 aromatic rings. The zero-order chi connectivity index (χ0) is 14.0. The van der Waals surface area contributed by atoms with E-state index in [1.165, 1.54) is 0 Å². The molecule has 0 heterocycles. The van der Waals surface area contributed by atoms with Crippen LogP contribution >= 0.6 is 34.8 Å². The second-order valence-electron chi connectivity index (χ2n) is 4.02. The van der Waals surface area contributed by atoms with Crippen molar-refractivity contribution < 1.29 is 0 Å². The number of nitrogen functional groups attached to an aromatic ring is 1. The van der Waals surface area contributed by atoms with Crippen LogP contribution in [0.5, 0.6) is 0 Å². The smallest absolute Gasteiger partial charge is 0.0744 e. The quantitative estimate of drug-likeness (QED) is 0.459. The molecule has 2 rings (SSSR count). The van der Waals surface area contributed by atoms with Gasteiger partial charge in [-0.1, -0.05) is 53.0 Å². The van der Waals surface area contributed by atoms with E-state index in [-0.39, 0.29) is 6.04 Å². The van der Waals surface area contributed by atoms with Crippen molar-refractivity contribution in [2.75, 3.05) is 5.73 Å². The third kappa shape index (κ3) is 2.96. The number of benzene rings is 2. The Hall–Kier alpha value is -0.970. The normalized spacial score (nSPS) is 12.4.